The van der Waals surface area contributed by atoms with E-state index in [0.717, 1.165) is 50.3 Å². The van der Waals surface area contributed by atoms with Crippen LogP contribution in [0.2, 0.25) is 0 Å². The maximum atomic E-state index is 12.3. The van der Waals surface area contributed by atoms with Crippen molar-refractivity contribution >= 4 is 5.91 Å². The van der Waals surface area contributed by atoms with Gasteiger partial charge in [0.2, 0.25) is 0 Å². The van der Waals surface area contributed by atoms with Gasteiger partial charge in [0.25, 0.3) is 5.91 Å². The van der Waals surface area contributed by atoms with Crippen molar-refractivity contribution in [1.82, 2.24) is 10.2 Å². The lowest BCUT2D eigenvalue weighted by Gasteiger charge is -2.27. The first-order valence-electron chi connectivity index (χ1n) is 7.04. The van der Waals surface area contributed by atoms with Gasteiger partial charge in [-0.3, -0.25) is 4.79 Å². The lowest BCUT2D eigenvalue weighted by molar-refractivity contribution is 0.0735. The second-order valence-corrected chi connectivity index (χ2v) is 4.77. The number of ether oxygens (including phenoxy) is 1. The summed E-state index contributed by atoms with van der Waals surface area (Å²) in [5.74, 6) is 0.886. The molecular formula is C15H22N2O2. The van der Waals surface area contributed by atoms with Gasteiger partial charge in [0.15, 0.2) is 0 Å². The highest BCUT2D eigenvalue weighted by Crippen LogP contribution is 2.15. The summed E-state index contributed by atoms with van der Waals surface area (Å²) in [7, 11) is 0. The molecule has 0 saturated carbocycles. The molecule has 1 fully saturated rings. The van der Waals surface area contributed by atoms with Crippen molar-refractivity contribution in [3.8, 4) is 5.75 Å². The minimum Gasteiger partial charge on any atom is -0.494 e. The highest BCUT2D eigenvalue weighted by Gasteiger charge is 2.18. The Hall–Kier alpha value is -1.55. The molecule has 0 aliphatic carbocycles. The molecule has 1 aliphatic heterocycles. The van der Waals surface area contributed by atoms with Crippen molar-refractivity contribution in [3.63, 3.8) is 0 Å². The minimum absolute atomic E-state index is 0.0995. The predicted octanol–water partition coefficient (Wildman–Crippen LogP) is 1.91. The highest BCUT2D eigenvalue weighted by atomic mass is 16.5. The largest absolute Gasteiger partial charge is 0.494 e. The number of nitrogens with zero attached hydrogens (tertiary/aromatic N) is 1. The zero-order valence-electron chi connectivity index (χ0n) is 11.5. The number of benzene rings is 1. The predicted molar refractivity (Wildman–Crippen MR) is 75.6 cm³/mol. The van der Waals surface area contributed by atoms with E-state index >= 15 is 0 Å². The summed E-state index contributed by atoms with van der Waals surface area (Å²) in [6, 6.07) is 7.50. The van der Waals surface area contributed by atoms with E-state index in [-0.39, 0.29) is 5.91 Å². The first kappa shape index (κ1) is 13.9. The van der Waals surface area contributed by atoms with Gasteiger partial charge in [-0.1, -0.05) is 19.4 Å². The summed E-state index contributed by atoms with van der Waals surface area (Å²) in [6.45, 7) is 6.14. The van der Waals surface area contributed by atoms with Crippen LogP contribution in [0.15, 0.2) is 24.3 Å². The van der Waals surface area contributed by atoms with Crippen molar-refractivity contribution in [2.45, 2.75) is 19.8 Å². The molecule has 1 aliphatic rings. The third-order valence-corrected chi connectivity index (χ3v) is 3.25. The molecular weight excluding hydrogens is 240 g/mol. The Bertz CT molecular complexity index is 414. The van der Waals surface area contributed by atoms with Gasteiger partial charge in [-0.05, 0) is 24.6 Å². The number of rotatable bonds is 5. The molecule has 1 heterocycles. The Labute approximate surface area is 114 Å². The lowest BCUT2D eigenvalue weighted by Crippen LogP contribution is -2.46. The molecule has 4 nitrogen and oxygen atoms in total. The summed E-state index contributed by atoms with van der Waals surface area (Å²) in [4.78, 5) is 14.2. The van der Waals surface area contributed by atoms with Crippen LogP contribution >= 0.6 is 0 Å². The number of carbonyl (C=O) groups excluding carboxylic acids is 1. The quantitative estimate of drug-likeness (QED) is 0.824. The van der Waals surface area contributed by atoms with Gasteiger partial charge < -0.3 is 15.0 Å². The van der Waals surface area contributed by atoms with E-state index in [4.69, 9.17) is 4.74 Å². The van der Waals surface area contributed by atoms with Crippen LogP contribution < -0.4 is 10.1 Å². The summed E-state index contributed by atoms with van der Waals surface area (Å²) in [5.41, 5.74) is 0.718. The molecule has 1 aromatic rings. The maximum absolute atomic E-state index is 12.3. The Kier molecular flexibility index (Phi) is 5.21. The fourth-order valence-corrected chi connectivity index (χ4v) is 2.10. The number of hydrogen-bond acceptors (Lipinski definition) is 3. The summed E-state index contributed by atoms with van der Waals surface area (Å²) < 4.78 is 5.64. The second kappa shape index (κ2) is 7.14. The summed E-state index contributed by atoms with van der Waals surface area (Å²) in [5, 5.41) is 3.25. The molecule has 4 heteroatoms. The van der Waals surface area contributed by atoms with Gasteiger partial charge in [0, 0.05) is 31.7 Å². The second-order valence-electron chi connectivity index (χ2n) is 4.77. The molecule has 0 spiro atoms. The van der Waals surface area contributed by atoms with Crippen molar-refractivity contribution in [3.05, 3.63) is 29.8 Å². The van der Waals surface area contributed by atoms with Crippen LogP contribution in [0.5, 0.6) is 5.75 Å². The molecule has 1 N–H and O–H groups in total. The average molecular weight is 262 g/mol. The number of piperazine rings is 1. The summed E-state index contributed by atoms with van der Waals surface area (Å²) >= 11 is 0. The van der Waals surface area contributed by atoms with Gasteiger partial charge in [0.1, 0.15) is 5.75 Å². The average Bonchev–Trinajstić information content (AvgIpc) is 2.48. The fraction of sp³-hybridized carbons (Fsp3) is 0.533. The lowest BCUT2D eigenvalue weighted by atomic mass is 10.1. The van der Waals surface area contributed by atoms with Crippen LogP contribution in [0.25, 0.3) is 0 Å². The van der Waals surface area contributed by atoms with Crippen LogP contribution in [0.4, 0.5) is 0 Å². The van der Waals surface area contributed by atoms with Gasteiger partial charge in [-0.25, -0.2) is 0 Å². The molecule has 1 aromatic carbocycles. The van der Waals surface area contributed by atoms with Gasteiger partial charge in [-0.15, -0.1) is 0 Å². The SMILES string of the molecule is CCCCOc1cccc(C(=O)N2CCNCC2)c1. The molecule has 1 saturated heterocycles. The molecule has 1 amide bonds. The standard InChI is InChI=1S/C15H22N2O2/c1-2-3-11-19-14-6-4-5-13(12-14)15(18)17-9-7-16-8-10-17/h4-6,12,16H,2-3,7-11H2,1H3. The Morgan fingerprint density at radius 3 is 2.89 bits per heavy atom. The number of amides is 1. The van der Waals surface area contributed by atoms with Gasteiger partial charge in [-0.2, -0.15) is 0 Å². The Morgan fingerprint density at radius 1 is 1.37 bits per heavy atom. The van der Waals surface area contributed by atoms with Crippen molar-refractivity contribution in [1.29, 1.82) is 0 Å². The normalized spacial score (nSPS) is 15.3. The Morgan fingerprint density at radius 2 is 2.16 bits per heavy atom. The summed E-state index contributed by atoms with van der Waals surface area (Å²) in [6.07, 6.45) is 2.15. The zero-order chi connectivity index (χ0) is 13.5. The van der Waals surface area contributed by atoms with Crippen molar-refractivity contribution < 1.29 is 9.53 Å². The van der Waals surface area contributed by atoms with Crippen molar-refractivity contribution in [2.75, 3.05) is 32.8 Å². The Balaban J connectivity index is 1.98. The topological polar surface area (TPSA) is 41.6 Å². The first-order chi connectivity index (χ1) is 9.31. The molecule has 0 atom stereocenters. The van der Waals surface area contributed by atoms with Crippen LogP contribution in [0.1, 0.15) is 30.1 Å². The molecule has 0 unspecified atom stereocenters. The van der Waals surface area contributed by atoms with E-state index in [0.29, 0.717) is 6.61 Å². The van der Waals surface area contributed by atoms with E-state index in [9.17, 15) is 4.79 Å². The van der Waals surface area contributed by atoms with E-state index in [1.54, 1.807) is 0 Å². The third-order valence-electron chi connectivity index (χ3n) is 3.25. The van der Waals surface area contributed by atoms with Crippen molar-refractivity contribution in [2.24, 2.45) is 0 Å². The van der Waals surface area contributed by atoms with Gasteiger partial charge >= 0.3 is 0 Å². The molecule has 0 aromatic heterocycles. The van der Waals surface area contributed by atoms with Crippen LogP contribution in [0, 0.1) is 0 Å². The molecule has 104 valence electrons. The smallest absolute Gasteiger partial charge is 0.254 e. The van der Waals surface area contributed by atoms with Crippen LogP contribution in [-0.4, -0.2) is 43.6 Å². The van der Waals surface area contributed by atoms with E-state index in [1.165, 1.54) is 0 Å². The van der Waals surface area contributed by atoms with E-state index in [1.807, 2.05) is 29.2 Å². The molecule has 2 rings (SSSR count). The fourth-order valence-electron chi connectivity index (χ4n) is 2.10. The molecule has 19 heavy (non-hydrogen) atoms. The van der Waals surface area contributed by atoms with E-state index < -0.39 is 0 Å². The zero-order valence-corrected chi connectivity index (χ0v) is 11.5. The monoisotopic (exact) mass is 262 g/mol. The van der Waals surface area contributed by atoms with Gasteiger partial charge in [0.05, 0.1) is 6.61 Å². The number of nitrogens with one attached hydrogen (secondary N) is 1. The first-order valence-corrected chi connectivity index (χ1v) is 7.04. The molecule has 0 bridgehead atoms. The minimum atomic E-state index is 0.0995. The highest BCUT2D eigenvalue weighted by molar-refractivity contribution is 5.94. The number of carbonyl (C=O) groups is 1. The van der Waals surface area contributed by atoms with Crippen LogP contribution in [0.3, 0.4) is 0 Å². The molecule has 0 radical (unpaired) electrons. The number of hydrogen-bond donors (Lipinski definition) is 1. The number of unbranched alkanes of at least 4 members (excludes halogenated alkanes) is 1. The third kappa shape index (κ3) is 3.96. The maximum Gasteiger partial charge on any atom is 0.254 e. The van der Waals surface area contributed by atoms with E-state index in [2.05, 4.69) is 12.2 Å². The van der Waals surface area contributed by atoms with Crippen LogP contribution in [-0.2, 0) is 0 Å².